The number of hydrogen-bond acceptors (Lipinski definition) is 5. The second-order valence-electron chi connectivity index (χ2n) is 10.8. The Morgan fingerprint density at radius 1 is 0.974 bits per heavy atom. The van der Waals surface area contributed by atoms with Crippen molar-refractivity contribution in [3.63, 3.8) is 0 Å². The Morgan fingerprint density at radius 3 is 2.33 bits per heavy atom. The van der Waals surface area contributed by atoms with Crippen molar-refractivity contribution in [1.82, 2.24) is 14.3 Å². The van der Waals surface area contributed by atoms with E-state index >= 15 is 0 Å². The number of rotatable bonds is 5. The van der Waals surface area contributed by atoms with Gasteiger partial charge >= 0.3 is 5.97 Å². The molecule has 0 atom stereocenters. The van der Waals surface area contributed by atoms with Gasteiger partial charge in [0.05, 0.1) is 35.6 Å². The van der Waals surface area contributed by atoms with Gasteiger partial charge in [-0.2, -0.15) is 9.78 Å². The molecule has 39 heavy (non-hydrogen) atoms. The summed E-state index contributed by atoms with van der Waals surface area (Å²) in [7, 11) is 1.53. The molecule has 5 rings (SSSR count). The van der Waals surface area contributed by atoms with E-state index in [1.165, 1.54) is 23.9 Å². The number of hydrogen-bond donors (Lipinski definition) is 0. The second-order valence-corrected chi connectivity index (χ2v) is 10.8. The van der Waals surface area contributed by atoms with Crippen LogP contribution in [0.5, 0.6) is 11.5 Å². The fraction of sp³-hybridized carbons (Fsp3) is 0.258. The maximum absolute atomic E-state index is 13.9. The largest absolute Gasteiger partial charge is 0.497 e. The molecule has 200 valence electrons. The van der Waals surface area contributed by atoms with Gasteiger partial charge in [-0.25, -0.2) is 9.18 Å². The summed E-state index contributed by atoms with van der Waals surface area (Å²) in [5.74, 6) is -0.229. The maximum atomic E-state index is 13.9. The average molecular weight is 528 g/mol. The minimum atomic E-state index is -0.654. The van der Waals surface area contributed by atoms with Crippen LogP contribution in [0.1, 0.15) is 61.4 Å². The van der Waals surface area contributed by atoms with Crippen LogP contribution < -0.4 is 9.47 Å². The van der Waals surface area contributed by atoms with Crippen molar-refractivity contribution in [3.8, 4) is 17.2 Å². The number of halogens is 1. The third kappa shape index (κ3) is 4.67. The Kier molecular flexibility index (Phi) is 6.50. The Hall–Kier alpha value is -4.46. The second kappa shape index (κ2) is 9.69. The first-order valence-electron chi connectivity index (χ1n) is 12.7. The van der Waals surface area contributed by atoms with E-state index in [2.05, 4.69) is 5.10 Å². The molecular weight excluding hydrogens is 497 g/mol. The lowest BCUT2D eigenvalue weighted by Gasteiger charge is -2.16. The van der Waals surface area contributed by atoms with Crippen LogP contribution in [0.4, 0.5) is 4.39 Å². The molecule has 5 aromatic rings. The zero-order valence-corrected chi connectivity index (χ0v) is 22.8. The molecule has 0 saturated heterocycles. The van der Waals surface area contributed by atoms with Crippen molar-refractivity contribution in [3.05, 3.63) is 83.9 Å². The number of ether oxygens (including phenoxy) is 2. The molecule has 0 aliphatic carbocycles. The number of carbonyl (C=O) groups is 2. The first-order chi connectivity index (χ1) is 18.5. The van der Waals surface area contributed by atoms with Gasteiger partial charge in [-0.05, 0) is 60.5 Å². The lowest BCUT2D eigenvalue weighted by atomic mass is 9.96. The Bertz CT molecular complexity index is 1720. The van der Waals surface area contributed by atoms with Crippen molar-refractivity contribution in [2.45, 2.75) is 40.5 Å². The highest BCUT2D eigenvalue weighted by Crippen LogP contribution is 2.42. The highest BCUT2D eigenvalue weighted by Gasteiger charge is 2.29. The summed E-state index contributed by atoms with van der Waals surface area (Å²) < 4.78 is 28.6. The molecule has 0 amide bonds. The summed E-state index contributed by atoms with van der Waals surface area (Å²) in [5.41, 5.74) is 2.48. The summed E-state index contributed by atoms with van der Waals surface area (Å²) in [4.78, 5) is 26.6. The van der Waals surface area contributed by atoms with E-state index in [4.69, 9.17) is 9.47 Å². The first kappa shape index (κ1) is 26.2. The number of benzene rings is 3. The number of carbonyl (C=O) groups excluding carboxylic acids is 2. The molecule has 8 heteroatoms. The average Bonchev–Trinajstić information content (AvgIpc) is 3.45. The zero-order chi connectivity index (χ0) is 28.1. The van der Waals surface area contributed by atoms with E-state index in [0.29, 0.717) is 33.7 Å². The third-order valence-electron chi connectivity index (χ3n) is 6.61. The Balaban J connectivity index is 1.79. The molecule has 3 aromatic carbocycles. The monoisotopic (exact) mass is 527 g/mol. The van der Waals surface area contributed by atoms with Gasteiger partial charge in [0.15, 0.2) is 5.75 Å². The first-order valence-corrected chi connectivity index (χ1v) is 12.7. The highest BCUT2D eigenvalue weighted by molar-refractivity contribution is 6.05. The van der Waals surface area contributed by atoms with Crippen LogP contribution in [0.15, 0.2) is 66.9 Å². The number of esters is 1. The number of fused-ring (bicyclic) bond motifs is 2. The van der Waals surface area contributed by atoms with Crippen LogP contribution in [0.3, 0.4) is 0 Å². The van der Waals surface area contributed by atoms with Crippen molar-refractivity contribution >= 4 is 33.7 Å². The van der Waals surface area contributed by atoms with Crippen molar-refractivity contribution < 1.29 is 23.5 Å². The van der Waals surface area contributed by atoms with Crippen molar-refractivity contribution in [2.75, 3.05) is 7.11 Å². The van der Waals surface area contributed by atoms with E-state index in [1.54, 1.807) is 42.6 Å². The van der Waals surface area contributed by atoms with Crippen molar-refractivity contribution in [1.29, 1.82) is 0 Å². The fourth-order valence-corrected chi connectivity index (χ4v) is 4.68. The third-order valence-corrected chi connectivity index (χ3v) is 6.61. The minimum absolute atomic E-state index is 0.0774. The number of nitrogens with zero attached hydrogens (tertiary/aromatic N) is 3. The molecule has 0 spiro atoms. The topological polar surface area (TPSA) is 75.3 Å². The molecule has 0 N–H and O–H groups in total. The van der Waals surface area contributed by atoms with E-state index in [-0.39, 0.29) is 17.6 Å². The Labute approximate surface area is 225 Å². The molecule has 0 bridgehead atoms. The quantitative estimate of drug-likeness (QED) is 0.227. The van der Waals surface area contributed by atoms with E-state index in [0.717, 1.165) is 16.6 Å². The summed E-state index contributed by atoms with van der Waals surface area (Å²) in [6.07, 6.45) is 1.65. The number of aromatic nitrogens is 3. The predicted molar refractivity (Wildman–Crippen MR) is 149 cm³/mol. The van der Waals surface area contributed by atoms with Crippen LogP contribution in [0, 0.1) is 11.2 Å². The molecule has 2 aromatic heterocycles. The van der Waals surface area contributed by atoms with Gasteiger partial charge in [0.1, 0.15) is 11.6 Å². The summed E-state index contributed by atoms with van der Waals surface area (Å²) in [6.45, 7) is 9.52. The molecule has 0 aliphatic heterocycles. The van der Waals surface area contributed by atoms with Gasteiger partial charge in [0.25, 0.3) is 5.91 Å². The van der Waals surface area contributed by atoms with Crippen LogP contribution in [0.25, 0.3) is 27.5 Å². The van der Waals surface area contributed by atoms with Gasteiger partial charge in [-0.3, -0.25) is 4.79 Å². The maximum Gasteiger partial charge on any atom is 0.343 e. The molecule has 0 aliphatic rings. The molecule has 0 saturated carbocycles. The van der Waals surface area contributed by atoms with Crippen LogP contribution >= 0.6 is 0 Å². The van der Waals surface area contributed by atoms with Gasteiger partial charge in [0, 0.05) is 21.9 Å². The highest BCUT2D eigenvalue weighted by atomic mass is 19.1. The van der Waals surface area contributed by atoms with Gasteiger partial charge < -0.3 is 14.0 Å². The summed E-state index contributed by atoms with van der Waals surface area (Å²) in [5, 5.41) is 5.77. The molecule has 0 unspecified atom stereocenters. The van der Waals surface area contributed by atoms with Gasteiger partial charge in [-0.15, -0.1) is 0 Å². The molecule has 0 fully saturated rings. The number of methoxy groups -OCH3 is 1. The zero-order valence-electron chi connectivity index (χ0n) is 22.8. The molecule has 2 heterocycles. The fourth-order valence-electron chi connectivity index (χ4n) is 4.68. The summed E-state index contributed by atoms with van der Waals surface area (Å²) >= 11 is 0. The Morgan fingerprint density at radius 2 is 1.69 bits per heavy atom. The molecule has 0 radical (unpaired) electrons. The molecule has 7 nitrogen and oxygen atoms in total. The summed E-state index contributed by atoms with van der Waals surface area (Å²) in [6, 6.07) is 16.7. The smallest absolute Gasteiger partial charge is 0.343 e. The van der Waals surface area contributed by atoms with E-state index in [9.17, 15) is 14.0 Å². The van der Waals surface area contributed by atoms with E-state index < -0.39 is 11.4 Å². The van der Waals surface area contributed by atoms with Gasteiger partial charge in [0.2, 0.25) is 0 Å². The van der Waals surface area contributed by atoms with Crippen LogP contribution in [0.2, 0.25) is 0 Å². The SMILES string of the molecule is COc1cccc(C(=O)Oc2c(C(C)C)n(-c3ccc(F)cc3)c3cc4cnn(C(=O)C(C)(C)C)c4cc23)c1. The normalized spacial score (nSPS) is 11.9. The van der Waals surface area contributed by atoms with Crippen LogP contribution in [-0.2, 0) is 0 Å². The van der Waals surface area contributed by atoms with Crippen LogP contribution in [-0.4, -0.2) is 33.3 Å². The predicted octanol–water partition coefficient (Wildman–Crippen LogP) is 7.16. The standard InChI is InChI=1S/C31H30FN3O4/c1-18(2)27-28(39-29(36)19-8-7-9-23(14-19)38-6)24-16-25-20(17-33-35(25)30(37)31(3,4)5)15-26(24)34(27)22-12-10-21(32)11-13-22/h7-18H,1-6H3. The molecular formula is C31H30FN3O4. The van der Waals surface area contributed by atoms with E-state index in [1.807, 2.05) is 51.3 Å². The van der Waals surface area contributed by atoms with Gasteiger partial charge in [-0.1, -0.05) is 40.7 Å². The minimum Gasteiger partial charge on any atom is -0.497 e. The van der Waals surface area contributed by atoms with Crippen molar-refractivity contribution in [2.24, 2.45) is 5.41 Å². The lowest BCUT2D eigenvalue weighted by molar-refractivity contribution is 0.0731. The lowest BCUT2D eigenvalue weighted by Crippen LogP contribution is -2.27.